The minimum Gasteiger partial charge on any atom is -0.218 e. The smallest absolute Gasteiger partial charge is 0.218 e. The lowest BCUT2D eigenvalue weighted by molar-refractivity contribution is -0.348. The number of hydrogen-bond acceptors (Lipinski definition) is 2. The number of halogens is 12. The van der Waals surface area contributed by atoms with E-state index >= 15 is 0 Å². The van der Waals surface area contributed by atoms with Gasteiger partial charge >= 0.3 is 24.2 Å². The van der Waals surface area contributed by atoms with E-state index in [9.17, 15) is 52.7 Å². The van der Waals surface area contributed by atoms with Gasteiger partial charge in [0.1, 0.15) is 12.1 Å². The van der Waals surface area contributed by atoms with Crippen molar-refractivity contribution in [2.24, 2.45) is 0 Å². The molecule has 0 heterocycles. The summed E-state index contributed by atoms with van der Waals surface area (Å²) in [6, 6.07) is 0.911. The Balaban J connectivity index is 3.32. The number of nitriles is 2. The summed E-state index contributed by atoms with van der Waals surface area (Å²) in [5.74, 6) is -4.13. The SMILES string of the molecule is N#Cc1c(C#N)c(C(F)(C(F)(F)F)C(F)(F)F)c2cc(F)c(F)cc2c1CC(F)(F)F. The van der Waals surface area contributed by atoms with Crippen LogP contribution in [0.25, 0.3) is 10.8 Å². The van der Waals surface area contributed by atoms with Gasteiger partial charge in [-0.2, -0.15) is 50.0 Å². The Kier molecular flexibility index (Phi) is 5.61. The lowest BCUT2D eigenvalue weighted by Crippen LogP contribution is -2.51. The second-order valence-electron chi connectivity index (χ2n) is 6.09. The molecule has 0 aliphatic rings. The standard InChI is InChI=1S/C17H4F12N2/c18-11-1-6-7(2-12(11)19)13(15(23,16(24,25)26)17(27,28)29)10(5-31)9(4-30)8(6)3-14(20,21)22/h1-2H,3H2. The molecule has 0 N–H and O–H groups in total. The normalized spacial score (nSPS) is 13.2. The molecular weight excluding hydrogens is 460 g/mol. The zero-order valence-electron chi connectivity index (χ0n) is 14.3. The Labute approximate surface area is 163 Å². The van der Waals surface area contributed by atoms with Gasteiger partial charge in [0.2, 0.25) is 0 Å². The van der Waals surface area contributed by atoms with Crippen molar-refractivity contribution in [2.45, 2.75) is 30.6 Å². The number of hydrogen-bond donors (Lipinski definition) is 0. The van der Waals surface area contributed by atoms with Gasteiger partial charge in [0.25, 0.3) is 0 Å². The molecule has 0 radical (unpaired) electrons. The zero-order valence-corrected chi connectivity index (χ0v) is 14.3. The summed E-state index contributed by atoms with van der Waals surface area (Å²) in [6.07, 6.45) is -21.2. The number of benzene rings is 2. The summed E-state index contributed by atoms with van der Waals surface area (Å²) in [5.41, 5.74) is -14.2. The number of fused-ring (bicyclic) bond motifs is 1. The summed E-state index contributed by atoms with van der Waals surface area (Å²) in [4.78, 5) is 0. The average molecular weight is 464 g/mol. The monoisotopic (exact) mass is 464 g/mol. The highest BCUT2D eigenvalue weighted by Gasteiger charge is 2.74. The highest BCUT2D eigenvalue weighted by atomic mass is 19.4. The summed E-state index contributed by atoms with van der Waals surface area (Å²) in [7, 11) is 0. The van der Waals surface area contributed by atoms with Crippen molar-refractivity contribution in [3.8, 4) is 12.1 Å². The summed E-state index contributed by atoms with van der Waals surface area (Å²) < 4.78 is 161. The molecule has 0 bridgehead atoms. The van der Waals surface area contributed by atoms with Crippen molar-refractivity contribution < 1.29 is 52.7 Å². The van der Waals surface area contributed by atoms with Crippen molar-refractivity contribution in [1.29, 1.82) is 10.5 Å². The summed E-state index contributed by atoms with van der Waals surface area (Å²) >= 11 is 0. The van der Waals surface area contributed by atoms with Gasteiger partial charge in [-0.05, 0) is 28.5 Å². The highest BCUT2D eigenvalue weighted by molar-refractivity contribution is 5.94. The topological polar surface area (TPSA) is 47.6 Å². The Morgan fingerprint density at radius 2 is 1.10 bits per heavy atom. The lowest BCUT2D eigenvalue weighted by atomic mass is 9.80. The number of nitrogens with zero attached hydrogens (tertiary/aromatic N) is 2. The third kappa shape index (κ3) is 3.82. The van der Waals surface area contributed by atoms with Crippen LogP contribution in [-0.2, 0) is 12.1 Å². The first-order chi connectivity index (χ1) is 13.9. The van der Waals surface area contributed by atoms with Crippen molar-refractivity contribution in [3.63, 3.8) is 0 Å². The maximum Gasteiger partial charge on any atom is 0.436 e. The van der Waals surface area contributed by atoms with E-state index in [4.69, 9.17) is 10.5 Å². The first-order valence-electron chi connectivity index (χ1n) is 7.58. The van der Waals surface area contributed by atoms with Crippen LogP contribution in [0.2, 0.25) is 0 Å². The number of rotatable bonds is 2. The maximum atomic E-state index is 14.8. The van der Waals surface area contributed by atoms with E-state index in [2.05, 4.69) is 0 Å². The van der Waals surface area contributed by atoms with Crippen LogP contribution in [0.5, 0.6) is 0 Å². The van der Waals surface area contributed by atoms with Crippen LogP contribution in [0.15, 0.2) is 12.1 Å². The van der Waals surface area contributed by atoms with Gasteiger partial charge in [0.15, 0.2) is 11.6 Å². The van der Waals surface area contributed by atoms with Crippen molar-refractivity contribution >= 4 is 10.8 Å². The van der Waals surface area contributed by atoms with E-state index in [1.807, 2.05) is 0 Å². The van der Waals surface area contributed by atoms with Gasteiger partial charge in [-0.1, -0.05) is 0 Å². The molecule has 0 aliphatic heterocycles. The fourth-order valence-corrected chi connectivity index (χ4v) is 2.97. The van der Waals surface area contributed by atoms with Crippen molar-refractivity contribution in [1.82, 2.24) is 0 Å². The van der Waals surface area contributed by atoms with E-state index in [-0.39, 0.29) is 6.07 Å². The first-order valence-corrected chi connectivity index (χ1v) is 7.58. The van der Waals surface area contributed by atoms with Crippen LogP contribution in [0.3, 0.4) is 0 Å². The molecule has 31 heavy (non-hydrogen) atoms. The molecule has 2 aromatic carbocycles. The minimum atomic E-state index is -6.85. The van der Waals surface area contributed by atoms with E-state index in [1.54, 1.807) is 0 Å². The third-order valence-corrected chi connectivity index (χ3v) is 4.18. The molecule has 0 aliphatic carbocycles. The minimum absolute atomic E-state index is 0.204. The highest BCUT2D eigenvalue weighted by Crippen LogP contribution is 2.56. The third-order valence-electron chi connectivity index (χ3n) is 4.18. The Hall–Kier alpha value is -3.16. The summed E-state index contributed by atoms with van der Waals surface area (Å²) in [6.45, 7) is 0. The van der Waals surface area contributed by atoms with Crippen LogP contribution in [0.1, 0.15) is 22.3 Å². The predicted octanol–water partition coefficient (Wildman–Crippen LogP) is 6.26. The average Bonchev–Trinajstić information content (AvgIpc) is 2.59. The molecule has 2 nitrogen and oxygen atoms in total. The molecule has 0 amide bonds. The van der Waals surface area contributed by atoms with Crippen molar-refractivity contribution in [2.75, 3.05) is 0 Å². The van der Waals surface area contributed by atoms with E-state index in [1.165, 1.54) is 0 Å². The van der Waals surface area contributed by atoms with Gasteiger partial charge < -0.3 is 0 Å². The lowest BCUT2D eigenvalue weighted by Gasteiger charge is -2.32. The zero-order chi connectivity index (χ0) is 24.2. The van der Waals surface area contributed by atoms with E-state index in [0.29, 0.717) is 6.07 Å². The molecule has 0 spiro atoms. The molecule has 0 aromatic heterocycles. The van der Waals surface area contributed by atoms with Gasteiger partial charge in [-0.3, -0.25) is 0 Å². The maximum absolute atomic E-state index is 14.8. The van der Waals surface area contributed by atoms with Gasteiger partial charge in [0, 0.05) is 5.56 Å². The fourth-order valence-electron chi connectivity index (χ4n) is 2.97. The second-order valence-corrected chi connectivity index (χ2v) is 6.09. The molecule has 0 fully saturated rings. The largest absolute Gasteiger partial charge is 0.436 e. The first kappa shape index (κ1) is 24.1. The predicted molar refractivity (Wildman–Crippen MR) is 77.9 cm³/mol. The van der Waals surface area contributed by atoms with Crippen LogP contribution >= 0.6 is 0 Å². The van der Waals surface area contributed by atoms with Crippen molar-refractivity contribution in [3.05, 3.63) is 46.0 Å². The molecular formula is C17H4F12N2. The molecule has 0 unspecified atom stereocenters. The van der Waals surface area contributed by atoms with Gasteiger partial charge in [-0.25, -0.2) is 13.2 Å². The van der Waals surface area contributed by atoms with Gasteiger partial charge in [0.05, 0.1) is 17.5 Å². The molecule has 14 heteroatoms. The molecule has 166 valence electrons. The van der Waals surface area contributed by atoms with Crippen LogP contribution in [0, 0.1) is 34.3 Å². The quantitative estimate of drug-likeness (QED) is 0.493. The van der Waals surface area contributed by atoms with E-state index < -0.39 is 81.3 Å². The van der Waals surface area contributed by atoms with Crippen LogP contribution in [0.4, 0.5) is 52.7 Å². The summed E-state index contributed by atoms with van der Waals surface area (Å²) in [5, 5.41) is 14.9. The second kappa shape index (κ2) is 7.21. The molecule has 2 aromatic rings. The fraction of sp³-hybridized carbons (Fsp3) is 0.294. The Morgan fingerprint density at radius 3 is 1.45 bits per heavy atom. The van der Waals surface area contributed by atoms with E-state index in [0.717, 1.165) is 6.07 Å². The van der Waals surface area contributed by atoms with Gasteiger partial charge in [-0.15, -0.1) is 0 Å². The molecule has 0 saturated carbocycles. The molecule has 0 saturated heterocycles. The van der Waals surface area contributed by atoms with Crippen LogP contribution in [-0.4, -0.2) is 18.5 Å². The number of alkyl halides is 10. The Bertz CT molecular complexity index is 1110. The Morgan fingerprint density at radius 1 is 0.677 bits per heavy atom. The molecule has 0 atom stereocenters. The molecule has 2 rings (SSSR count). The van der Waals surface area contributed by atoms with Crippen LogP contribution < -0.4 is 0 Å².